The molecule has 2 aliphatic carbocycles. The van der Waals surface area contributed by atoms with Crippen LogP contribution in [0.15, 0.2) is 46.0 Å². The lowest BCUT2D eigenvalue weighted by Gasteiger charge is -2.38. The Labute approximate surface area is 275 Å². The lowest BCUT2D eigenvalue weighted by molar-refractivity contribution is -0.140. The van der Waals surface area contributed by atoms with E-state index >= 15 is 0 Å². The SMILES string of the molecule is CCOC(=O)C1=C(CN2CCN3C(=O)N(C45CCC(CC(=O)O)(CC4)C5)CC3C2)NC(c2nccs2)=NC1c1ccc(F)cc1Cl. The van der Waals surface area contributed by atoms with Crippen molar-refractivity contribution in [2.75, 3.05) is 39.3 Å². The van der Waals surface area contributed by atoms with Gasteiger partial charge in [0.25, 0.3) is 0 Å². The van der Waals surface area contributed by atoms with Crippen LogP contribution in [-0.2, 0) is 14.3 Å². The topological polar surface area (TPSA) is 128 Å². The van der Waals surface area contributed by atoms with Crippen molar-refractivity contribution in [2.45, 2.75) is 63.1 Å². The third kappa shape index (κ3) is 5.45. The predicted molar refractivity (Wildman–Crippen MR) is 169 cm³/mol. The van der Waals surface area contributed by atoms with E-state index in [9.17, 15) is 23.9 Å². The molecule has 4 heterocycles. The molecule has 0 spiro atoms. The molecule has 7 rings (SSSR count). The first-order valence-corrected chi connectivity index (χ1v) is 17.0. The fourth-order valence-corrected chi connectivity index (χ4v) is 9.18. The number of carbonyl (C=O) groups excluding carboxylic acids is 2. The number of thiazole rings is 1. The van der Waals surface area contributed by atoms with Crippen LogP contribution < -0.4 is 5.32 Å². The molecule has 1 aromatic heterocycles. The van der Waals surface area contributed by atoms with Gasteiger partial charge in [0.2, 0.25) is 0 Å². The molecule has 1 aromatic carbocycles. The van der Waals surface area contributed by atoms with E-state index in [2.05, 4.69) is 15.2 Å². The molecule has 2 atom stereocenters. The Hall–Kier alpha value is -3.55. The highest BCUT2D eigenvalue weighted by molar-refractivity contribution is 7.11. The van der Waals surface area contributed by atoms with Crippen molar-refractivity contribution in [1.29, 1.82) is 0 Å². The number of aliphatic carboxylic acids is 1. The van der Waals surface area contributed by atoms with Crippen molar-refractivity contribution < 1.29 is 28.6 Å². The molecule has 2 unspecified atom stereocenters. The van der Waals surface area contributed by atoms with Crippen molar-refractivity contribution in [3.05, 3.63) is 62.5 Å². The number of esters is 1. The molecule has 4 fully saturated rings. The summed E-state index contributed by atoms with van der Waals surface area (Å²) in [6, 6.07) is 3.22. The summed E-state index contributed by atoms with van der Waals surface area (Å²) in [6.45, 7) is 4.59. The number of fused-ring (bicyclic) bond motifs is 3. The highest BCUT2D eigenvalue weighted by atomic mass is 35.5. The average molecular weight is 671 g/mol. The summed E-state index contributed by atoms with van der Waals surface area (Å²) >= 11 is 7.93. The maximum atomic E-state index is 14.0. The second kappa shape index (κ2) is 11.9. The summed E-state index contributed by atoms with van der Waals surface area (Å²) in [7, 11) is 0. The van der Waals surface area contributed by atoms with Gasteiger partial charge in [-0.05, 0) is 56.6 Å². The van der Waals surface area contributed by atoms with Gasteiger partial charge in [-0.2, -0.15) is 0 Å². The highest BCUT2D eigenvalue weighted by Gasteiger charge is 2.61. The summed E-state index contributed by atoms with van der Waals surface area (Å²) in [5.41, 5.74) is 0.910. The lowest BCUT2D eigenvalue weighted by atomic mass is 9.81. The summed E-state index contributed by atoms with van der Waals surface area (Å²) in [5.74, 6) is -1.31. The maximum Gasteiger partial charge on any atom is 0.338 e. The number of carboxylic acid groups (broad SMARTS) is 1. The molecule has 2 amide bonds. The van der Waals surface area contributed by atoms with Crippen LogP contribution in [0.4, 0.5) is 9.18 Å². The summed E-state index contributed by atoms with van der Waals surface area (Å²) in [5, 5.41) is 15.5. The Morgan fingerprint density at radius 3 is 2.72 bits per heavy atom. The molecule has 3 aliphatic heterocycles. The number of halogens is 2. The van der Waals surface area contributed by atoms with Crippen LogP contribution in [0, 0.1) is 11.2 Å². The molecule has 11 nitrogen and oxygen atoms in total. The van der Waals surface area contributed by atoms with Crippen LogP contribution in [0.3, 0.4) is 0 Å². The number of amidine groups is 1. The molecule has 2 saturated carbocycles. The number of hydrogen-bond acceptors (Lipinski definition) is 9. The molecule has 2 N–H and O–H groups in total. The van der Waals surface area contributed by atoms with Crippen LogP contribution in [0.2, 0.25) is 5.02 Å². The molecule has 5 aliphatic rings. The quantitative estimate of drug-likeness (QED) is 0.375. The number of aromatic nitrogens is 1. The standard InChI is InChI=1S/C32H36ClFN6O5S/c1-2-45-29(43)25-23(36-27(28-35-9-12-46-28)37-26(25)21-4-3-19(34)13-22(21)33)17-38-10-11-39-20(15-38)16-40(30(39)44)32-7-5-31(18-32,6-8-32)14-24(41)42/h3-4,9,12-13,20,26H,2,5-8,10-11,14-18H2,1H3,(H,36,37)(H,41,42). The molecule has 244 valence electrons. The number of ether oxygens (including phenoxy) is 1. The Balaban J connectivity index is 1.15. The molecular weight excluding hydrogens is 635 g/mol. The molecule has 14 heteroatoms. The number of urea groups is 1. The van der Waals surface area contributed by atoms with E-state index < -0.39 is 23.8 Å². The first-order valence-electron chi connectivity index (χ1n) is 15.7. The number of carboxylic acids is 1. The van der Waals surface area contributed by atoms with Crippen molar-refractivity contribution >= 4 is 46.7 Å². The molecule has 2 bridgehead atoms. The first-order chi connectivity index (χ1) is 22.1. The molecule has 0 radical (unpaired) electrons. The van der Waals surface area contributed by atoms with E-state index in [1.165, 1.54) is 23.5 Å². The van der Waals surface area contributed by atoms with E-state index in [0.717, 1.165) is 32.1 Å². The smallest absolute Gasteiger partial charge is 0.338 e. The van der Waals surface area contributed by atoms with E-state index in [1.54, 1.807) is 19.2 Å². The van der Waals surface area contributed by atoms with Gasteiger partial charge in [-0.25, -0.2) is 19.0 Å². The number of aliphatic imine (C=N–C) groups is 1. The minimum absolute atomic E-state index is 0.0321. The monoisotopic (exact) mass is 670 g/mol. The zero-order chi connectivity index (χ0) is 32.2. The molecule has 2 aromatic rings. The largest absolute Gasteiger partial charge is 0.481 e. The fraction of sp³-hybridized carbons (Fsp3) is 0.531. The Morgan fingerprint density at radius 2 is 2.02 bits per heavy atom. The molecule has 2 saturated heterocycles. The van der Waals surface area contributed by atoms with Crippen LogP contribution >= 0.6 is 22.9 Å². The van der Waals surface area contributed by atoms with Crippen molar-refractivity contribution in [2.24, 2.45) is 10.4 Å². The van der Waals surface area contributed by atoms with E-state index in [1.807, 2.05) is 15.2 Å². The highest BCUT2D eigenvalue weighted by Crippen LogP contribution is 2.61. The van der Waals surface area contributed by atoms with Gasteiger partial charge in [0, 0.05) is 66.1 Å². The van der Waals surface area contributed by atoms with Gasteiger partial charge in [-0.3, -0.25) is 14.7 Å². The van der Waals surface area contributed by atoms with Gasteiger partial charge in [0.05, 0.1) is 24.6 Å². The Bertz CT molecular complexity index is 1620. The molecule has 46 heavy (non-hydrogen) atoms. The van der Waals surface area contributed by atoms with Gasteiger partial charge < -0.3 is 25.0 Å². The lowest BCUT2D eigenvalue weighted by Crippen LogP contribution is -2.53. The second-order valence-corrected chi connectivity index (χ2v) is 14.4. The zero-order valence-corrected chi connectivity index (χ0v) is 27.1. The van der Waals surface area contributed by atoms with E-state index in [-0.39, 0.29) is 41.1 Å². The van der Waals surface area contributed by atoms with Gasteiger partial charge in [0.1, 0.15) is 11.9 Å². The normalized spacial score (nSPS) is 29.2. The fourth-order valence-electron chi connectivity index (χ4n) is 8.33. The zero-order valence-electron chi connectivity index (χ0n) is 25.5. The van der Waals surface area contributed by atoms with Crippen LogP contribution in [0.1, 0.15) is 62.1 Å². The number of benzene rings is 1. The number of hydrogen-bond donors (Lipinski definition) is 2. The third-order valence-corrected chi connectivity index (χ3v) is 11.5. The average Bonchev–Trinajstić information content (AvgIpc) is 3.81. The van der Waals surface area contributed by atoms with Crippen molar-refractivity contribution in [3.63, 3.8) is 0 Å². The number of nitrogens with zero attached hydrogens (tertiary/aromatic N) is 5. The van der Waals surface area contributed by atoms with Gasteiger partial charge in [-0.15, -0.1) is 11.3 Å². The summed E-state index contributed by atoms with van der Waals surface area (Å²) in [4.78, 5) is 54.4. The second-order valence-electron chi connectivity index (χ2n) is 13.1. The Kier molecular flexibility index (Phi) is 8.05. The van der Waals surface area contributed by atoms with Gasteiger partial charge in [0.15, 0.2) is 10.8 Å². The number of rotatable bonds is 9. The third-order valence-electron chi connectivity index (χ3n) is 10.4. The predicted octanol–water partition coefficient (Wildman–Crippen LogP) is 4.44. The van der Waals surface area contributed by atoms with Crippen LogP contribution in [0.5, 0.6) is 0 Å². The maximum absolute atomic E-state index is 14.0. The van der Waals surface area contributed by atoms with Gasteiger partial charge >= 0.3 is 18.0 Å². The number of carbonyl (C=O) groups is 3. The summed E-state index contributed by atoms with van der Waals surface area (Å²) < 4.78 is 19.6. The van der Waals surface area contributed by atoms with E-state index in [4.69, 9.17) is 21.3 Å². The number of piperazine rings is 1. The number of nitrogens with one attached hydrogen (secondary N) is 1. The van der Waals surface area contributed by atoms with Gasteiger partial charge in [-0.1, -0.05) is 17.7 Å². The van der Waals surface area contributed by atoms with Crippen molar-refractivity contribution in [1.82, 2.24) is 25.0 Å². The van der Waals surface area contributed by atoms with Crippen LogP contribution in [0.25, 0.3) is 0 Å². The first kappa shape index (κ1) is 31.1. The van der Waals surface area contributed by atoms with E-state index in [0.29, 0.717) is 60.4 Å². The minimum atomic E-state index is -0.845. The minimum Gasteiger partial charge on any atom is -0.481 e. The van der Waals surface area contributed by atoms with Crippen LogP contribution in [-0.4, -0.2) is 99.5 Å². The molecular formula is C32H36ClFN6O5S. The van der Waals surface area contributed by atoms with Crippen molar-refractivity contribution in [3.8, 4) is 0 Å². The number of amides is 2. The Morgan fingerprint density at radius 1 is 1.22 bits per heavy atom. The summed E-state index contributed by atoms with van der Waals surface area (Å²) in [6.07, 6.45) is 5.99.